The van der Waals surface area contributed by atoms with Gasteiger partial charge in [-0.2, -0.15) is 0 Å². The first kappa shape index (κ1) is 28.6. The normalized spacial score (nSPS) is 10.8. The summed E-state index contributed by atoms with van der Waals surface area (Å²) in [6.07, 6.45) is 0. The first-order valence-corrected chi connectivity index (χ1v) is 15.5. The predicted molar refractivity (Wildman–Crippen MR) is 198 cm³/mol. The minimum atomic E-state index is 0.793. The van der Waals surface area contributed by atoms with Crippen molar-refractivity contribution in [2.24, 2.45) is 0 Å². The third-order valence-corrected chi connectivity index (χ3v) is 8.42. The molecule has 2 heteroatoms. The number of nitrogen functional groups attached to an aromatic ring is 2. The van der Waals surface area contributed by atoms with Crippen LogP contribution in [0.15, 0.2) is 182 Å². The van der Waals surface area contributed by atoms with Gasteiger partial charge in [0.25, 0.3) is 0 Å². The van der Waals surface area contributed by atoms with Gasteiger partial charge in [0, 0.05) is 11.4 Å². The van der Waals surface area contributed by atoms with Crippen molar-refractivity contribution in [3.63, 3.8) is 0 Å². The third kappa shape index (κ3) is 6.38. The molecule has 0 fully saturated rings. The summed E-state index contributed by atoms with van der Waals surface area (Å²) in [4.78, 5) is 0. The molecule has 0 radical (unpaired) electrons. The van der Waals surface area contributed by atoms with Gasteiger partial charge < -0.3 is 11.5 Å². The fraction of sp³-hybridized carbons (Fsp3) is 0. The molecule has 0 aromatic heterocycles. The highest BCUT2D eigenvalue weighted by Crippen LogP contribution is 2.29. The first-order valence-electron chi connectivity index (χ1n) is 15.5. The van der Waals surface area contributed by atoms with Crippen LogP contribution in [0.4, 0.5) is 11.4 Å². The maximum absolute atomic E-state index is 5.75. The maximum atomic E-state index is 5.75. The molecule has 2 nitrogen and oxygen atoms in total. The van der Waals surface area contributed by atoms with Crippen LogP contribution in [-0.4, -0.2) is 0 Å². The second kappa shape index (κ2) is 12.9. The molecule has 0 amide bonds. The number of nitrogens with two attached hydrogens (primary N) is 2. The Bertz CT molecular complexity index is 2070. The van der Waals surface area contributed by atoms with Crippen molar-refractivity contribution in [1.82, 2.24) is 0 Å². The van der Waals surface area contributed by atoms with Crippen LogP contribution in [0.25, 0.3) is 66.1 Å². The Balaban J connectivity index is 0.000000147. The van der Waals surface area contributed by atoms with Crippen molar-refractivity contribution >= 4 is 32.9 Å². The molecular weight excluding hydrogens is 556 g/mol. The minimum Gasteiger partial charge on any atom is -0.399 e. The van der Waals surface area contributed by atoms with Crippen molar-refractivity contribution in [3.05, 3.63) is 182 Å². The van der Waals surface area contributed by atoms with Gasteiger partial charge in [0.05, 0.1) is 0 Å². The van der Waals surface area contributed by atoms with Crippen molar-refractivity contribution in [3.8, 4) is 44.5 Å². The first-order chi connectivity index (χ1) is 22.6. The summed E-state index contributed by atoms with van der Waals surface area (Å²) in [7, 11) is 0. The summed E-state index contributed by atoms with van der Waals surface area (Å²) in [5.74, 6) is 0. The highest BCUT2D eigenvalue weighted by Gasteiger charge is 2.03. The molecule has 8 aromatic carbocycles. The van der Waals surface area contributed by atoms with Crippen LogP contribution in [-0.2, 0) is 0 Å². The van der Waals surface area contributed by atoms with Crippen LogP contribution in [0.5, 0.6) is 0 Å². The zero-order valence-corrected chi connectivity index (χ0v) is 25.5. The highest BCUT2D eigenvalue weighted by molar-refractivity contribution is 5.88. The van der Waals surface area contributed by atoms with E-state index in [1.807, 2.05) is 24.3 Å². The molecule has 0 aliphatic carbocycles. The van der Waals surface area contributed by atoms with Gasteiger partial charge in [-0.25, -0.2) is 0 Å². The molecule has 220 valence electrons. The summed E-state index contributed by atoms with van der Waals surface area (Å²) < 4.78 is 0. The zero-order chi connectivity index (χ0) is 31.3. The lowest BCUT2D eigenvalue weighted by Crippen LogP contribution is -1.84. The lowest BCUT2D eigenvalue weighted by atomic mass is 9.98. The highest BCUT2D eigenvalue weighted by atomic mass is 14.5. The van der Waals surface area contributed by atoms with Crippen LogP contribution in [0, 0.1) is 0 Å². The summed E-state index contributed by atoms with van der Waals surface area (Å²) in [6.45, 7) is 0. The Hall–Kier alpha value is -6.12. The molecule has 8 rings (SSSR count). The topological polar surface area (TPSA) is 52.0 Å². The zero-order valence-electron chi connectivity index (χ0n) is 25.5. The summed E-state index contributed by atoms with van der Waals surface area (Å²) in [5, 5.41) is 5.09. The van der Waals surface area contributed by atoms with E-state index in [2.05, 4.69) is 158 Å². The standard InChI is InChI=1S/2C22H17N/c2*23-22-13-11-18(12-14-22)17-5-7-19(8-6-17)21-10-9-16-3-1-2-4-20(16)15-21/h2*1-15H,23H2. The molecule has 4 N–H and O–H groups in total. The van der Waals surface area contributed by atoms with E-state index in [1.54, 1.807) is 0 Å². The van der Waals surface area contributed by atoms with Crippen molar-refractivity contribution in [2.45, 2.75) is 0 Å². The van der Waals surface area contributed by atoms with Gasteiger partial charge in [0.2, 0.25) is 0 Å². The van der Waals surface area contributed by atoms with Gasteiger partial charge in [0.1, 0.15) is 0 Å². The minimum absolute atomic E-state index is 0.793. The molecule has 0 spiro atoms. The lowest BCUT2D eigenvalue weighted by molar-refractivity contribution is 1.60. The Morgan fingerprint density at radius 1 is 0.217 bits per heavy atom. The number of hydrogen-bond acceptors (Lipinski definition) is 2. The molecule has 0 unspecified atom stereocenters. The second-order valence-electron chi connectivity index (χ2n) is 11.5. The molecule has 0 saturated carbocycles. The smallest absolute Gasteiger partial charge is 0.0314 e. The monoisotopic (exact) mass is 590 g/mol. The van der Waals surface area contributed by atoms with Gasteiger partial charge in [-0.1, -0.05) is 146 Å². The van der Waals surface area contributed by atoms with E-state index < -0.39 is 0 Å². The van der Waals surface area contributed by atoms with Gasteiger partial charge in [0.15, 0.2) is 0 Å². The van der Waals surface area contributed by atoms with Crippen molar-refractivity contribution < 1.29 is 0 Å². The quantitative estimate of drug-likeness (QED) is 0.200. The average molecular weight is 591 g/mol. The lowest BCUT2D eigenvalue weighted by Gasteiger charge is -2.07. The Morgan fingerprint density at radius 3 is 0.783 bits per heavy atom. The van der Waals surface area contributed by atoms with E-state index in [9.17, 15) is 0 Å². The molecule has 0 heterocycles. The van der Waals surface area contributed by atoms with E-state index in [1.165, 1.54) is 66.1 Å². The molecule has 8 aromatic rings. The SMILES string of the molecule is Nc1ccc(-c2ccc(-c3ccc4ccccc4c3)cc2)cc1.Nc1ccc(-c2ccc(-c3ccc4ccccc4c3)cc2)cc1. The number of hydrogen-bond donors (Lipinski definition) is 2. The van der Waals surface area contributed by atoms with E-state index in [0.717, 1.165) is 11.4 Å². The van der Waals surface area contributed by atoms with Crippen molar-refractivity contribution in [2.75, 3.05) is 11.5 Å². The fourth-order valence-corrected chi connectivity index (χ4v) is 5.80. The molecule has 0 aliphatic rings. The largest absolute Gasteiger partial charge is 0.399 e. The van der Waals surface area contributed by atoms with Crippen molar-refractivity contribution in [1.29, 1.82) is 0 Å². The number of anilines is 2. The summed E-state index contributed by atoms with van der Waals surface area (Å²) in [5.41, 5.74) is 22.8. The Labute approximate surface area is 270 Å². The molecule has 0 aliphatic heterocycles. The number of fused-ring (bicyclic) bond motifs is 2. The molecule has 0 bridgehead atoms. The predicted octanol–water partition coefficient (Wildman–Crippen LogP) is 11.5. The van der Waals surface area contributed by atoms with Crippen LogP contribution in [0.1, 0.15) is 0 Å². The fourth-order valence-electron chi connectivity index (χ4n) is 5.80. The Kier molecular flexibility index (Phi) is 8.00. The molecule has 0 saturated heterocycles. The van der Waals surface area contributed by atoms with Crippen LogP contribution in [0.2, 0.25) is 0 Å². The van der Waals surface area contributed by atoms with Crippen LogP contribution in [0.3, 0.4) is 0 Å². The van der Waals surface area contributed by atoms with Gasteiger partial charge >= 0.3 is 0 Å². The van der Waals surface area contributed by atoms with Gasteiger partial charge in [-0.05, 0) is 102 Å². The van der Waals surface area contributed by atoms with E-state index in [0.29, 0.717) is 0 Å². The van der Waals surface area contributed by atoms with E-state index in [4.69, 9.17) is 11.5 Å². The maximum Gasteiger partial charge on any atom is 0.0314 e. The molecular formula is C44H34N2. The van der Waals surface area contributed by atoms with Gasteiger partial charge in [-0.3, -0.25) is 0 Å². The molecule has 0 atom stereocenters. The number of rotatable bonds is 4. The van der Waals surface area contributed by atoms with Gasteiger partial charge in [-0.15, -0.1) is 0 Å². The number of benzene rings is 8. The van der Waals surface area contributed by atoms with E-state index >= 15 is 0 Å². The Morgan fingerprint density at radius 2 is 0.457 bits per heavy atom. The third-order valence-electron chi connectivity index (χ3n) is 8.42. The molecule has 46 heavy (non-hydrogen) atoms. The van der Waals surface area contributed by atoms with Crippen LogP contribution < -0.4 is 11.5 Å². The summed E-state index contributed by atoms with van der Waals surface area (Å²) in [6, 6.07) is 63.4. The van der Waals surface area contributed by atoms with E-state index in [-0.39, 0.29) is 0 Å². The second-order valence-corrected chi connectivity index (χ2v) is 11.5. The van der Waals surface area contributed by atoms with Crippen LogP contribution >= 0.6 is 0 Å². The average Bonchev–Trinajstić information content (AvgIpc) is 3.12. The summed E-state index contributed by atoms with van der Waals surface area (Å²) >= 11 is 0.